The Bertz CT molecular complexity index is 841. The topological polar surface area (TPSA) is 55.0 Å². The summed E-state index contributed by atoms with van der Waals surface area (Å²) in [6.07, 6.45) is 0. The van der Waals surface area contributed by atoms with Gasteiger partial charge in [-0.25, -0.2) is 0 Å². The van der Waals surface area contributed by atoms with Gasteiger partial charge in [-0.2, -0.15) is 0 Å². The van der Waals surface area contributed by atoms with E-state index in [4.69, 9.17) is 0 Å². The van der Waals surface area contributed by atoms with Crippen molar-refractivity contribution in [2.24, 2.45) is 0 Å². The van der Waals surface area contributed by atoms with Gasteiger partial charge in [0, 0.05) is 16.8 Å². The second-order valence-corrected chi connectivity index (χ2v) is 7.92. The molecule has 0 aliphatic carbocycles. The minimum atomic E-state index is -0.110. The van der Waals surface area contributed by atoms with Crippen LogP contribution < -0.4 is 15.1 Å². The Hall–Kier alpha value is -2.50. The molecule has 0 spiro atoms. The van der Waals surface area contributed by atoms with Gasteiger partial charge in [-0.3, -0.25) is 9.59 Å². The quantitative estimate of drug-likeness (QED) is 0.639. The second kappa shape index (κ2) is 9.13. The number of carbonyl (C=O) groups is 2. The maximum Gasteiger partial charge on any atom is 0.282 e. The Morgan fingerprint density at radius 3 is 2.43 bits per heavy atom. The number of Topliss-reactive ketones (excluding diaryl/α,β-unsaturated/α-hetero) is 1. The van der Waals surface area contributed by atoms with Crippen molar-refractivity contribution in [3.8, 4) is 0 Å². The van der Waals surface area contributed by atoms with E-state index in [9.17, 15) is 9.59 Å². The highest BCUT2D eigenvalue weighted by atomic mass is 16.2. The normalized spacial score (nSPS) is 20.4. The summed E-state index contributed by atoms with van der Waals surface area (Å²) in [6, 6.07) is 15.7. The number of ketones is 1. The lowest BCUT2D eigenvalue weighted by Crippen LogP contribution is -3.29. The van der Waals surface area contributed by atoms with Crippen LogP contribution in [0.4, 0.5) is 5.69 Å². The molecule has 0 unspecified atom stereocenters. The van der Waals surface area contributed by atoms with Gasteiger partial charge in [0.05, 0.1) is 0 Å². The van der Waals surface area contributed by atoms with Gasteiger partial charge in [-0.15, -0.1) is 0 Å². The summed E-state index contributed by atoms with van der Waals surface area (Å²) in [5.41, 5.74) is 3.99. The first-order valence-corrected chi connectivity index (χ1v) is 10.1. The number of anilines is 1. The average Bonchev–Trinajstić information content (AvgIpc) is 2.68. The molecule has 1 heterocycles. The molecule has 3 N–H and O–H groups in total. The van der Waals surface area contributed by atoms with Crippen molar-refractivity contribution in [3.05, 3.63) is 65.2 Å². The molecule has 0 saturated carbocycles. The fourth-order valence-electron chi connectivity index (χ4n) is 3.90. The van der Waals surface area contributed by atoms with Crippen LogP contribution >= 0.6 is 0 Å². The van der Waals surface area contributed by atoms with Crippen molar-refractivity contribution in [1.29, 1.82) is 0 Å². The van der Waals surface area contributed by atoms with Crippen LogP contribution in [0.5, 0.6) is 0 Å². The highest BCUT2D eigenvalue weighted by Crippen LogP contribution is 2.11. The Morgan fingerprint density at radius 1 is 1.04 bits per heavy atom. The highest BCUT2D eigenvalue weighted by molar-refractivity contribution is 5.97. The molecule has 28 heavy (non-hydrogen) atoms. The first kappa shape index (κ1) is 20.2. The Balaban J connectivity index is 1.51. The number of nitrogens with one attached hydrogen (secondary N) is 3. The van der Waals surface area contributed by atoms with Crippen molar-refractivity contribution >= 4 is 17.4 Å². The summed E-state index contributed by atoms with van der Waals surface area (Å²) >= 11 is 0. The van der Waals surface area contributed by atoms with E-state index < -0.39 is 0 Å². The molecule has 1 fully saturated rings. The van der Waals surface area contributed by atoms with Gasteiger partial charge < -0.3 is 15.1 Å². The van der Waals surface area contributed by atoms with E-state index >= 15 is 0 Å². The molecular formula is C23H31N3O2+2. The number of carbonyl (C=O) groups excluding carboxylic acids is 2. The summed E-state index contributed by atoms with van der Waals surface area (Å²) < 4.78 is 0. The number of quaternary nitrogens is 2. The van der Waals surface area contributed by atoms with Crippen LogP contribution in [0.2, 0.25) is 0 Å². The monoisotopic (exact) mass is 381 g/mol. The minimum absolute atomic E-state index is 0.00230. The second-order valence-electron chi connectivity index (χ2n) is 7.92. The molecule has 1 atom stereocenters. The van der Waals surface area contributed by atoms with Gasteiger partial charge in [0.15, 0.2) is 11.8 Å². The zero-order valence-corrected chi connectivity index (χ0v) is 17.0. The van der Waals surface area contributed by atoms with Crippen molar-refractivity contribution in [2.45, 2.75) is 33.4 Å². The Labute approximate surface area is 167 Å². The van der Waals surface area contributed by atoms with E-state index in [1.165, 1.54) is 23.0 Å². The van der Waals surface area contributed by atoms with Gasteiger partial charge in [-0.05, 0) is 32.9 Å². The number of hydrogen-bond donors (Lipinski definition) is 3. The van der Waals surface area contributed by atoms with Crippen LogP contribution in [0, 0.1) is 6.92 Å². The maximum atomic E-state index is 12.7. The number of hydrogen-bond acceptors (Lipinski definition) is 2. The molecule has 0 aromatic heterocycles. The summed E-state index contributed by atoms with van der Waals surface area (Å²) in [5.74, 6) is 0.0142. The first-order valence-electron chi connectivity index (χ1n) is 10.1. The molecule has 1 saturated heterocycles. The molecular weight excluding hydrogens is 350 g/mol. The molecule has 1 aliphatic heterocycles. The van der Waals surface area contributed by atoms with Crippen LogP contribution in [0.3, 0.4) is 0 Å². The minimum Gasteiger partial charge on any atom is -0.322 e. The molecule has 148 valence electrons. The first-order chi connectivity index (χ1) is 13.4. The number of amides is 1. The van der Waals surface area contributed by atoms with Crippen LogP contribution in [0.25, 0.3) is 0 Å². The molecule has 0 radical (unpaired) electrons. The van der Waals surface area contributed by atoms with E-state index in [1.54, 1.807) is 23.1 Å². The number of piperazine rings is 1. The lowest BCUT2D eigenvalue weighted by atomic mass is 10.1. The fourth-order valence-corrected chi connectivity index (χ4v) is 3.90. The third kappa shape index (κ3) is 5.27. The predicted octanol–water partition coefficient (Wildman–Crippen LogP) is 0.508. The Kier molecular flexibility index (Phi) is 6.60. The molecule has 5 heteroatoms. The van der Waals surface area contributed by atoms with Crippen LogP contribution in [0.15, 0.2) is 48.5 Å². The maximum absolute atomic E-state index is 12.7. The predicted molar refractivity (Wildman–Crippen MR) is 111 cm³/mol. The SMILES string of the molecule is CC(=O)c1cccc(NC(=O)[C@@H](C)[NH+]2CC[NH+](Cc3cccc(C)c3)CC2)c1. The zero-order chi connectivity index (χ0) is 20.1. The highest BCUT2D eigenvalue weighted by Gasteiger charge is 2.31. The van der Waals surface area contributed by atoms with Gasteiger partial charge in [-0.1, -0.05) is 42.0 Å². The smallest absolute Gasteiger partial charge is 0.282 e. The van der Waals surface area contributed by atoms with E-state index in [0.29, 0.717) is 11.3 Å². The molecule has 1 aliphatic rings. The zero-order valence-electron chi connectivity index (χ0n) is 17.0. The van der Waals surface area contributed by atoms with E-state index in [2.05, 4.69) is 36.5 Å². The number of rotatable bonds is 6. The summed E-state index contributed by atoms with van der Waals surface area (Å²) in [7, 11) is 0. The summed E-state index contributed by atoms with van der Waals surface area (Å²) in [4.78, 5) is 27.1. The molecule has 0 bridgehead atoms. The lowest BCUT2D eigenvalue weighted by molar-refractivity contribution is -1.02. The molecule has 2 aromatic rings. The molecule has 3 rings (SSSR count). The molecule has 1 amide bonds. The van der Waals surface area contributed by atoms with Crippen molar-refractivity contribution in [1.82, 2.24) is 0 Å². The van der Waals surface area contributed by atoms with E-state index in [0.717, 1.165) is 32.7 Å². The summed E-state index contributed by atoms with van der Waals surface area (Å²) in [6.45, 7) is 10.8. The van der Waals surface area contributed by atoms with Crippen molar-refractivity contribution in [2.75, 3.05) is 31.5 Å². The van der Waals surface area contributed by atoms with E-state index in [-0.39, 0.29) is 17.7 Å². The average molecular weight is 382 g/mol. The standard InChI is InChI=1S/C23H29N3O2/c1-17-6-4-7-20(14-17)16-25-10-12-26(13-11-25)18(2)23(28)24-22-9-5-8-21(15-22)19(3)27/h4-9,14-15,18H,10-13,16H2,1-3H3,(H,24,28)/p+2/t18-/m1/s1. The van der Waals surface area contributed by atoms with Crippen LogP contribution in [-0.2, 0) is 11.3 Å². The van der Waals surface area contributed by atoms with E-state index in [1.807, 2.05) is 13.0 Å². The van der Waals surface area contributed by atoms with Gasteiger partial charge in [0.2, 0.25) is 0 Å². The van der Waals surface area contributed by atoms with Gasteiger partial charge in [0.25, 0.3) is 5.91 Å². The molecule has 2 aromatic carbocycles. The third-order valence-corrected chi connectivity index (χ3v) is 5.68. The van der Waals surface area contributed by atoms with Crippen LogP contribution in [-0.4, -0.2) is 43.9 Å². The number of benzene rings is 2. The van der Waals surface area contributed by atoms with Crippen LogP contribution in [0.1, 0.15) is 35.3 Å². The molecule has 5 nitrogen and oxygen atoms in total. The fraction of sp³-hybridized carbons (Fsp3) is 0.391. The van der Waals surface area contributed by atoms with Crippen molar-refractivity contribution in [3.63, 3.8) is 0 Å². The third-order valence-electron chi connectivity index (χ3n) is 5.68. The van der Waals surface area contributed by atoms with Gasteiger partial charge in [0.1, 0.15) is 32.7 Å². The summed E-state index contributed by atoms with van der Waals surface area (Å²) in [5, 5.41) is 2.97. The van der Waals surface area contributed by atoms with Crippen molar-refractivity contribution < 1.29 is 19.4 Å². The number of aryl methyl sites for hydroxylation is 1. The lowest BCUT2D eigenvalue weighted by Gasteiger charge is -2.32. The largest absolute Gasteiger partial charge is 0.322 e. The van der Waals surface area contributed by atoms with Gasteiger partial charge >= 0.3 is 0 Å². The Morgan fingerprint density at radius 2 is 1.75 bits per heavy atom.